The minimum absolute atomic E-state index is 0.0183. The second kappa shape index (κ2) is 7.62. The fraction of sp³-hybridized carbons (Fsp3) is 0.300. The number of rotatable bonds is 4. The molecule has 0 saturated heterocycles. The largest absolute Gasteiger partial charge is 0.496 e. The van der Waals surface area contributed by atoms with E-state index in [0.717, 1.165) is 35.3 Å². The van der Waals surface area contributed by atoms with Gasteiger partial charge in [0.25, 0.3) is 0 Å². The van der Waals surface area contributed by atoms with Gasteiger partial charge in [0.15, 0.2) is 0 Å². The van der Waals surface area contributed by atoms with Crippen molar-refractivity contribution in [3.8, 4) is 17.1 Å². The number of hydrogen-bond donors (Lipinski definition) is 0. The Kier molecular flexibility index (Phi) is 5.21. The van der Waals surface area contributed by atoms with Gasteiger partial charge in [-0.1, -0.05) is 32.7 Å². The molecule has 1 aromatic heterocycles. The highest BCUT2D eigenvalue weighted by atomic mass is 79.9. The zero-order valence-corrected chi connectivity index (χ0v) is 17.4. The molecule has 7 heteroatoms. The second-order valence-electron chi connectivity index (χ2n) is 6.57. The smallest absolute Gasteiger partial charge is 0.244 e. The van der Waals surface area contributed by atoms with Crippen LogP contribution in [0.5, 0.6) is 5.75 Å². The summed E-state index contributed by atoms with van der Waals surface area (Å²) in [6.07, 6.45) is 0.917. The molecule has 2 heterocycles. The molecule has 0 fully saturated rings. The fourth-order valence-corrected chi connectivity index (χ4v) is 4.05. The van der Waals surface area contributed by atoms with Crippen LogP contribution in [0, 0.1) is 0 Å². The Balaban J connectivity index is 1.56. The van der Waals surface area contributed by atoms with Gasteiger partial charge in [0.1, 0.15) is 5.75 Å². The predicted molar refractivity (Wildman–Crippen MR) is 108 cm³/mol. The molecule has 0 saturated carbocycles. The van der Waals surface area contributed by atoms with Crippen LogP contribution in [0.2, 0.25) is 5.02 Å². The molecule has 1 atom stereocenters. The van der Waals surface area contributed by atoms with Crippen molar-refractivity contribution in [2.45, 2.75) is 25.9 Å². The molecule has 0 radical (unpaired) electrons. The fourth-order valence-electron chi connectivity index (χ4n) is 3.42. The Morgan fingerprint density at radius 3 is 2.70 bits per heavy atom. The number of methoxy groups -OCH3 is 1. The van der Waals surface area contributed by atoms with Crippen molar-refractivity contribution in [1.82, 2.24) is 15.0 Å². The summed E-state index contributed by atoms with van der Waals surface area (Å²) >= 11 is 9.62. The van der Waals surface area contributed by atoms with Gasteiger partial charge >= 0.3 is 0 Å². The summed E-state index contributed by atoms with van der Waals surface area (Å²) in [4.78, 5) is 6.94. The zero-order valence-electron chi connectivity index (χ0n) is 15.1. The van der Waals surface area contributed by atoms with Crippen molar-refractivity contribution >= 4 is 27.5 Å². The quantitative estimate of drug-likeness (QED) is 0.543. The van der Waals surface area contributed by atoms with Gasteiger partial charge in [0.2, 0.25) is 11.7 Å². The lowest BCUT2D eigenvalue weighted by Crippen LogP contribution is -2.33. The molecule has 140 valence electrons. The third-order valence-corrected chi connectivity index (χ3v) is 6.01. The van der Waals surface area contributed by atoms with E-state index in [9.17, 15) is 0 Å². The standard InChI is InChI=1S/C20H19BrClN3O2/c1-12(20-23-19(24-27-20)13-3-5-14(22)6-4-13)25-10-9-15-16(11-25)17(21)7-8-18(15)26-2/h3-8,12H,9-11H2,1-2H3. The number of nitrogens with zero attached hydrogens (tertiary/aromatic N) is 3. The molecule has 4 rings (SSSR count). The molecule has 0 spiro atoms. The molecular weight excluding hydrogens is 430 g/mol. The van der Waals surface area contributed by atoms with E-state index in [1.54, 1.807) is 7.11 Å². The number of ether oxygens (including phenoxy) is 1. The van der Waals surface area contributed by atoms with Gasteiger partial charge in [-0.15, -0.1) is 0 Å². The maximum atomic E-state index is 5.95. The summed E-state index contributed by atoms with van der Waals surface area (Å²) in [7, 11) is 1.72. The van der Waals surface area contributed by atoms with E-state index in [0.29, 0.717) is 16.7 Å². The first kappa shape index (κ1) is 18.5. The van der Waals surface area contributed by atoms with Crippen LogP contribution in [-0.4, -0.2) is 28.7 Å². The molecule has 5 nitrogen and oxygen atoms in total. The second-order valence-corrected chi connectivity index (χ2v) is 7.86. The van der Waals surface area contributed by atoms with Gasteiger partial charge < -0.3 is 9.26 Å². The Bertz CT molecular complexity index is 958. The first-order valence-electron chi connectivity index (χ1n) is 8.74. The molecule has 0 amide bonds. The van der Waals surface area contributed by atoms with Crippen LogP contribution in [-0.2, 0) is 13.0 Å². The first-order valence-corrected chi connectivity index (χ1v) is 9.91. The Morgan fingerprint density at radius 1 is 1.19 bits per heavy atom. The summed E-state index contributed by atoms with van der Waals surface area (Å²) < 4.78 is 12.2. The number of hydrogen-bond acceptors (Lipinski definition) is 5. The van der Waals surface area contributed by atoms with Crippen molar-refractivity contribution in [2.75, 3.05) is 13.7 Å². The van der Waals surface area contributed by atoms with Gasteiger partial charge in [0.05, 0.1) is 13.2 Å². The summed E-state index contributed by atoms with van der Waals surface area (Å²) in [5, 5.41) is 4.82. The van der Waals surface area contributed by atoms with Crippen LogP contribution in [0.25, 0.3) is 11.4 Å². The predicted octanol–water partition coefficient (Wildman–Crippen LogP) is 5.28. The molecule has 1 aliphatic rings. The zero-order chi connectivity index (χ0) is 19.0. The van der Waals surface area contributed by atoms with Gasteiger partial charge in [-0.05, 0) is 55.3 Å². The molecule has 2 aromatic carbocycles. The highest BCUT2D eigenvalue weighted by Crippen LogP contribution is 2.36. The third-order valence-electron chi connectivity index (χ3n) is 5.01. The monoisotopic (exact) mass is 447 g/mol. The summed E-state index contributed by atoms with van der Waals surface area (Å²) in [5.74, 6) is 2.14. The van der Waals surface area contributed by atoms with Crippen molar-refractivity contribution in [3.63, 3.8) is 0 Å². The average Bonchev–Trinajstić information content (AvgIpc) is 3.18. The van der Waals surface area contributed by atoms with E-state index in [1.807, 2.05) is 36.4 Å². The van der Waals surface area contributed by atoms with Crippen LogP contribution in [0.4, 0.5) is 0 Å². The number of benzene rings is 2. The summed E-state index contributed by atoms with van der Waals surface area (Å²) in [6, 6.07) is 11.5. The number of halogens is 2. The van der Waals surface area contributed by atoms with Crippen LogP contribution >= 0.6 is 27.5 Å². The molecular formula is C20H19BrClN3O2. The Labute approximate surface area is 171 Å². The van der Waals surface area contributed by atoms with E-state index in [2.05, 4.69) is 37.9 Å². The molecule has 27 heavy (non-hydrogen) atoms. The Morgan fingerprint density at radius 2 is 1.96 bits per heavy atom. The van der Waals surface area contributed by atoms with Crippen LogP contribution < -0.4 is 4.74 Å². The molecule has 1 unspecified atom stereocenters. The molecule has 0 N–H and O–H groups in total. The first-order chi connectivity index (χ1) is 13.1. The molecule has 3 aromatic rings. The number of aromatic nitrogens is 2. The van der Waals surface area contributed by atoms with E-state index >= 15 is 0 Å². The molecule has 1 aliphatic heterocycles. The van der Waals surface area contributed by atoms with E-state index in [1.165, 1.54) is 11.1 Å². The summed E-state index contributed by atoms with van der Waals surface area (Å²) in [5.41, 5.74) is 3.41. The van der Waals surface area contributed by atoms with E-state index in [-0.39, 0.29) is 6.04 Å². The highest BCUT2D eigenvalue weighted by molar-refractivity contribution is 9.10. The lowest BCUT2D eigenvalue weighted by atomic mass is 9.97. The van der Waals surface area contributed by atoms with Gasteiger partial charge in [-0.3, -0.25) is 4.90 Å². The number of fused-ring (bicyclic) bond motifs is 1. The summed E-state index contributed by atoms with van der Waals surface area (Å²) in [6.45, 7) is 3.80. The van der Waals surface area contributed by atoms with Crippen molar-refractivity contribution in [3.05, 3.63) is 62.9 Å². The SMILES string of the molecule is COc1ccc(Br)c2c1CCN(C(C)c1nc(-c3ccc(Cl)cc3)no1)C2. The topological polar surface area (TPSA) is 51.4 Å². The van der Waals surface area contributed by atoms with Crippen LogP contribution in [0.1, 0.15) is 30.0 Å². The lowest BCUT2D eigenvalue weighted by Gasteiger charge is -2.33. The lowest BCUT2D eigenvalue weighted by molar-refractivity contribution is 0.156. The van der Waals surface area contributed by atoms with Gasteiger partial charge in [-0.2, -0.15) is 4.98 Å². The van der Waals surface area contributed by atoms with Crippen molar-refractivity contribution in [2.24, 2.45) is 0 Å². The minimum Gasteiger partial charge on any atom is -0.496 e. The molecule has 0 aliphatic carbocycles. The van der Waals surface area contributed by atoms with Gasteiger partial charge in [-0.25, -0.2) is 0 Å². The minimum atomic E-state index is 0.0183. The maximum Gasteiger partial charge on any atom is 0.244 e. The van der Waals surface area contributed by atoms with Crippen molar-refractivity contribution in [1.29, 1.82) is 0 Å². The molecule has 0 bridgehead atoms. The van der Waals surface area contributed by atoms with Crippen LogP contribution in [0.15, 0.2) is 45.4 Å². The normalized spacial score (nSPS) is 15.4. The van der Waals surface area contributed by atoms with E-state index in [4.69, 9.17) is 20.9 Å². The van der Waals surface area contributed by atoms with Crippen molar-refractivity contribution < 1.29 is 9.26 Å². The highest BCUT2D eigenvalue weighted by Gasteiger charge is 2.28. The van der Waals surface area contributed by atoms with Gasteiger partial charge in [0, 0.05) is 33.7 Å². The average molecular weight is 449 g/mol. The maximum absolute atomic E-state index is 5.95. The third kappa shape index (κ3) is 3.61. The van der Waals surface area contributed by atoms with Crippen LogP contribution in [0.3, 0.4) is 0 Å². The van der Waals surface area contributed by atoms with E-state index < -0.39 is 0 Å². The Hall–Kier alpha value is -1.89.